The molecule has 0 fully saturated rings. The standard InChI is InChI=1S/C27H27N5O4/c28-25(29)19-10-12-20(13-11-19)26(35)30-32-22-9-5-4-8-21(22)17-31(27(36)23(32)16-24(33)34)15-14-18-6-2-1-3-7-18/h1-13,23H,14-17H2,(H3,28,29)(H,30,35)(H,33,34). The van der Waals surface area contributed by atoms with Crippen molar-refractivity contribution >= 4 is 29.3 Å². The molecule has 3 aromatic rings. The smallest absolute Gasteiger partial charge is 0.306 e. The average Bonchev–Trinajstić information content (AvgIpc) is 2.98. The molecule has 0 bridgehead atoms. The van der Waals surface area contributed by atoms with Gasteiger partial charge in [-0.2, -0.15) is 0 Å². The highest BCUT2D eigenvalue weighted by Gasteiger charge is 2.37. The Labute approximate surface area is 208 Å². The Balaban J connectivity index is 1.65. The Morgan fingerprint density at radius 3 is 2.28 bits per heavy atom. The van der Waals surface area contributed by atoms with Gasteiger partial charge in [0.15, 0.2) is 0 Å². The number of amides is 2. The van der Waals surface area contributed by atoms with Crippen LogP contribution in [0.2, 0.25) is 0 Å². The van der Waals surface area contributed by atoms with Gasteiger partial charge in [-0.15, -0.1) is 0 Å². The summed E-state index contributed by atoms with van der Waals surface area (Å²) in [6.07, 6.45) is 0.127. The second kappa shape index (κ2) is 10.7. The average molecular weight is 486 g/mol. The molecule has 3 aromatic carbocycles. The molecule has 1 heterocycles. The van der Waals surface area contributed by atoms with Crippen LogP contribution in [-0.4, -0.2) is 46.2 Å². The van der Waals surface area contributed by atoms with E-state index in [2.05, 4.69) is 5.43 Å². The lowest BCUT2D eigenvalue weighted by Gasteiger charge is -2.32. The number of fused-ring (bicyclic) bond motifs is 1. The molecule has 0 radical (unpaired) electrons. The van der Waals surface area contributed by atoms with E-state index < -0.39 is 24.3 Å². The number of para-hydroxylation sites is 1. The molecule has 36 heavy (non-hydrogen) atoms. The van der Waals surface area contributed by atoms with E-state index in [9.17, 15) is 19.5 Å². The van der Waals surface area contributed by atoms with Gasteiger partial charge >= 0.3 is 5.97 Å². The van der Waals surface area contributed by atoms with Crippen molar-refractivity contribution in [1.82, 2.24) is 10.3 Å². The summed E-state index contributed by atoms with van der Waals surface area (Å²) in [5.74, 6) is -2.16. The van der Waals surface area contributed by atoms with Gasteiger partial charge < -0.3 is 15.7 Å². The Morgan fingerprint density at radius 2 is 1.61 bits per heavy atom. The number of aliphatic carboxylic acids is 1. The molecular formula is C27H27N5O4. The SMILES string of the molecule is N=C(N)c1ccc(C(=O)NN2c3ccccc3CN(CCc3ccccc3)C(=O)C2CC(=O)O)cc1. The Bertz CT molecular complexity index is 1280. The zero-order chi connectivity index (χ0) is 25.7. The van der Waals surface area contributed by atoms with Gasteiger partial charge in [-0.1, -0.05) is 60.7 Å². The molecule has 0 aromatic heterocycles. The number of carbonyl (C=O) groups excluding carboxylic acids is 2. The molecule has 1 unspecified atom stereocenters. The second-order valence-electron chi connectivity index (χ2n) is 8.54. The van der Waals surface area contributed by atoms with Crippen molar-refractivity contribution in [2.45, 2.75) is 25.4 Å². The number of nitrogens with one attached hydrogen (secondary N) is 2. The minimum Gasteiger partial charge on any atom is -0.481 e. The topological polar surface area (TPSA) is 140 Å². The van der Waals surface area contributed by atoms with E-state index in [4.69, 9.17) is 11.1 Å². The van der Waals surface area contributed by atoms with Crippen LogP contribution in [-0.2, 0) is 22.6 Å². The number of carboxylic acids is 1. The first-order chi connectivity index (χ1) is 17.3. The summed E-state index contributed by atoms with van der Waals surface area (Å²) in [7, 11) is 0. The number of nitrogens with two attached hydrogens (primary N) is 1. The number of hydrogen-bond donors (Lipinski definition) is 4. The fourth-order valence-electron chi connectivity index (χ4n) is 4.21. The molecule has 184 valence electrons. The summed E-state index contributed by atoms with van der Waals surface area (Å²) < 4.78 is 0. The van der Waals surface area contributed by atoms with Crippen molar-refractivity contribution in [2.75, 3.05) is 11.6 Å². The molecule has 9 nitrogen and oxygen atoms in total. The Morgan fingerprint density at radius 1 is 0.972 bits per heavy atom. The van der Waals surface area contributed by atoms with Crippen molar-refractivity contribution in [3.8, 4) is 0 Å². The van der Waals surface area contributed by atoms with Crippen molar-refractivity contribution in [1.29, 1.82) is 5.41 Å². The molecule has 4 rings (SSSR count). The summed E-state index contributed by atoms with van der Waals surface area (Å²) >= 11 is 0. The van der Waals surface area contributed by atoms with Crippen LogP contribution in [0, 0.1) is 5.41 Å². The third-order valence-electron chi connectivity index (χ3n) is 6.08. The number of carboxylic acid groups (broad SMARTS) is 1. The summed E-state index contributed by atoms with van der Waals surface area (Å²) in [6.45, 7) is 0.694. The van der Waals surface area contributed by atoms with E-state index in [1.54, 1.807) is 29.2 Å². The molecule has 1 aliphatic heterocycles. The van der Waals surface area contributed by atoms with E-state index in [-0.39, 0.29) is 23.9 Å². The number of amidine groups is 1. The maximum atomic E-state index is 13.7. The molecule has 0 aliphatic carbocycles. The second-order valence-corrected chi connectivity index (χ2v) is 8.54. The van der Waals surface area contributed by atoms with Crippen molar-refractivity contribution < 1.29 is 19.5 Å². The molecule has 1 aliphatic rings. The van der Waals surface area contributed by atoms with E-state index >= 15 is 0 Å². The van der Waals surface area contributed by atoms with E-state index in [1.807, 2.05) is 42.5 Å². The molecule has 9 heteroatoms. The predicted molar refractivity (Wildman–Crippen MR) is 135 cm³/mol. The summed E-state index contributed by atoms with van der Waals surface area (Å²) in [5.41, 5.74) is 11.4. The maximum Gasteiger partial charge on any atom is 0.306 e. The van der Waals surface area contributed by atoms with Crippen LogP contribution in [0.3, 0.4) is 0 Å². The Hall–Kier alpha value is -4.66. The molecular weight excluding hydrogens is 458 g/mol. The summed E-state index contributed by atoms with van der Waals surface area (Å²) in [5, 5.41) is 18.5. The number of carbonyl (C=O) groups is 3. The third kappa shape index (κ3) is 5.52. The normalized spacial score (nSPS) is 15.1. The van der Waals surface area contributed by atoms with Crippen LogP contribution < -0.4 is 16.2 Å². The van der Waals surface area contributed by atoms with Gasteiger partial charge in [-0.3, -0.25) is 30.2 Å². The van der Waals surface area contributed by atoms with Gasteiger partial charge in [0.05, 0.1) is 12.1 Å². The van der Waals surface area contributed by atoms with Crippen LogP contribution in [0.4, 0.5) is 5.69 Å². The highest BCUT2D eigenvalue weighted by Crippen LogP contribution is 2.29. The fourth-order valence-corrected chi connectivity index (χ4v) is 4.21. The first-order valence-corrected chi connectivity index (χ1v) is 11.5. The minimum atomic E-state index is -1.15. The van der Waals surface area contributed by atoms with E-state index in [0.29, 0.717) is 24.2 Å². The fraction of sp³-hybridized carbons (Fsp3) is 0.185. The molecule has 0 spiro atoms. The van der Waals surface area contributed by atoms with Gasteiger partial charge in [0.25, 0.3) is 5.91 Å². The highest BCUT2D eigenvalue weighted by atomic mass is 16.4. The van der Waals surface area contributed by atoms with Gasteiger partial charge in [0.1, 0.15) is 11.9 Å². The molecule has 2 amide bonds. The van der Waals surface area contributed by atoms with Crippen LogP contribution in [0.1, 0.15) is 33.5 Å². The zero-order valence-electron chi connectivity index (χ0n) is 19.6. The van der Waals surface area contributed by atoms with Crippen molar-refractivity contribution in [3.05, 3.63) is 101 Å². The molecule has 0 saturated carbocycles. The number of rotatable bonds is 8. The number of hydrazine groups is 1. The molecule has 1 atom stereocenters. The van der Waals surface area contributed by atoms with Gasteiger partial charge in [0, 0.05) is 24.2 Å². The third-order valence-corrected chi connectivity index (χ3v) is 6.08. The lowest BCUT2D eigenvalue weighted by Crippen LogP contribution is -2.55. The van der Waals surface area contributed by atoms with Crippen LogP contribution in [0.15, 0.2) is 78.9 Å². The van der Waals surface area contributed by atoms with Crippen molar-refractivity contribution in [2.24, 2.45) is 5.73 Å². The maximum absolute atomic E-state index is 13.7. The Kier molecular flexibility index (Phi) is 7.29. The van der Waals surface area contributed by atoms with Crippen LogP contribution in [0.25, 0.3) is 0 Å². The lowest BCUT2D eigenvalue weighted by molar-refractivity contribution is -0.142. The zero-order valence-corrected chi connectivity index (χ0v) is 19.6. The van der Waals surface area contributed by atoms with Gasteiger partial charge in [-0.25, -0.2) is 0 Å². The number of nitrogens with zero attached hydrogens (tertiary/aromatic N) is 2. The molecule has 0 saturated heterocycles. The number of benzene rings is 3. The quantitative estimate of drug-likeness (QED) is 0.286. The monoisotopic (exact) mass is 485 g/mol. The van der Waals surface area contributed by atoms with Gasteiger partial charge in [0.2, 0.25) is 5.91 Å². The van der Waals surface area contributed by atoms with E-state index in [1.165, 1.54) is 17.1 Å². The first-order valence-electron chi connectivity index (χ1n) is 11.5. The van der Waals surface area contributed by atoms with Crippen LogP contribution in [0.5, 0.6) is 0 Å². The summed E-state index contributed by atoms with van der Waals surface area (Å²) in [4.78, 5) is 40.2. The highest BCUT2D eigenvalue weighted by molar-refractivity contribution is 5.99. The van der Waals surface area contributed by atoms with E-state index in [0.717, 1.165) is 11.1 Å². The van der Waals surface area contributed by atoms with Crippen molar-refractivity contribution in [3.63, 3.8) is 0 Å². The number of nitrogen functional groups attached to an aromatic ring is 1. The van der Waals surface area contributed by atoms with Gasteiger partial charge in [-0.05, 0) is 35.7 Å². The molecule has 5 N–H and O–H groups in total. The number of anilines is 1. The lowest BCUT2D eigenvalue weighted by atomic mass is 10.1. The minimum absolute atomic E-state index is 0.119. The van der Waals surface area contributed by atoms with Crippen LogP contribution >= 0.6 is 0 Å². The number of hydrogen-bond acceptors (Lipinski definition) is 5. The largest absolute Gasteiger partial charge is 0.481 e. The summed E-state index contributed by atoms with van der Waals surface area (Å²) in [6, 6.07) is 22.0. The predicted octanol–water partition coefficient (Wildman–Crippen LogP) is 2.55. The first kappa shape index (κ1) is 24.5.